The minimum atomic E-state index is -0.819. The van der Waals surface area contributed by atoms with Gasteiger partial charge in [0.2, 0.25) is 5.95 Å². The predicted molar refractivity (Wildman–Crippen MR) is 119 cm³/mol. The van der Waals surface area contributed by atoms with Crippen LogP contribution in [0.15, 0.2) is 24.3 Å². The number of rotatable bonds is 5. The molecule has 1 aromatic carbocycles. The maximum Gasteiger partial charge on any atom is 0.227 e. The molecular formula is C23H29ClN4O2. The number of piperidine rings is 1. The smallest absolute Gasteiger partial charge is 0.227 e. The van der Waals surface area contributed by atoms with Crippen molar-refractivity contribution < 1.29 is 9.84 Å². The third-order valence-corrected chi connectivity index (χ3v) is 7.16. The Balaban J connectivity index is 1.35. The Morgan fingerprint density at radius 2 is 1.87 bits per heavy atom. The number of hydrogen-bond donors (Lipinski definition) is 2. The van der Waals surface area contributed by atoms with Crippen LogP contribution in [0.25, 0.3) is 0 Å². The van der Waals surface area contributed by atoms with Crippen LogP contribution >= 0.6 is 11.6 Å². The van der Waals surface area contributed by atoms with Gasteiger partial charge in [0.05, 0.1) is 23.4 Å². The molecule has 2 aromatic rings. The first-order chi connectivity index (χ1) is 14.3. The van der Waals surface area contributed by atoms with Crippen molar-refractivity contribution in [2.75, 3.05) is 29.9 Å². The minimum Gasteiger partial charge on any atom is -0.487 e. The van der Waals surface area contributed by atoms with Crippen LogP contribution in [0.5, 0.6) is 5.75 Å². The van der Waals surface area contributed by atoms with E-state index < -0.39 is 5.60 Å². The Morgan fingerprint density at radius 3 is 2.50 bits per heavy atom. The third kappa shape index (κ3) is 3.60. The lowest BCUT2D eigenvalue weighted by molar-refractivity contribution is 0.0493. The maximum atomic E-state index is 10.6. The Morgan fingerprint density at radius 1 is 1.17 bits per heavy atom. The zero-order chi connectivity index (χ0) is 20.9. The number of nitrogens with zero attached hydrogens (tertiary/aromatic N) is 3. The second kappa shape index (κ2) is 7.27. The lowest BCUT2D eigenvalue weighted by Crippen LogP contribution is -2.44. The lowest BCUT2D eigenvalue weighted by atomic mass is 9.89. The molecule has 0 unspecified atom stereocenters. The van der Waals surface area contributed by atoms with Gasteiger partial charge < -0.3 is 20.1 Å². The highest BCUT2D eigenvalue weighted by molar-refractivity contribution is 6.30. The van der Waals surface area contributed by atoms with Crippen molar-refractivity contribution in [1.82, 2.24) is 9.97 Å². The summed E-state index contributed by atoms with van der Waals surface area (Å²) in [6, 6.07) is 8.22. The topological polar surface area (TPSA) is 70.5 Å². The molecule has 1 aliphatic carbocycles. The summed E-state index contributed by atoms with van der Waals surface area (Å²) < 4.78 is 5.84. The fourth-order valence-corrected chi connectivity index (χ4v) is 4.80. The van der Waals surface area contributed by atoms with Gasteiger partial charge in [-0.1, -0.05) is 23.7 Å². The van der Waals surface area contributed by atoms with E-state index in [1.54, 1.807) is 0 Å². The van der Waals surface area contributed by atoms with Gasteiger partial charge in [0.1, 0.15) is 0 Å². The molecule has 7 heteroatoms. The number of aliphatic hydroxyl groups is 1. The molecule has 2 fully saturated rings. The van der Waals surface area contributed by atoms with Gasteiger partial charge in [-0.05, 0) is 63.1 Å². The molecule has 6 nitrogen and oxygen atoms in total. The molecule has 0 radical (unpaired) electrons. The number of benzene rings is 1. The van der Waals surface area contributed by atoms with Crippen molar-refractivity contribution in [2.24, 2.45) is 0 Å². The van der Waals surface area contributed by atoms with Crippen LogP contribution in [0.3, 0.4) is 0 Å². The fourth-order valence-electron chi connectivity index (χ4n) is 4.67. The number of halogens is 1. The van der Waals surface area contributed by atoms with Crippen molar-refractivity contribution in [1.29, 1.82) is 0 Å². The van der Waals surface area contributed by atoms with E-state index in [0.717, 1.165) is 73.4 Å². The monoisotopic (exact) mass is 428 g/mol. The first-order valence-corrected chi connectivity index (χ1v) is 11.3. The summed E-state index contributed by atoms with van der Waals surface area (Å²) in [7, 11) is 0. The molecule has 0 amide bonds. The normalized spacial score (nSPS) is 20.6. The van der Waals surface area contributed by atoms with E-state index in [0.29, 0.717) is 12.5 Å². The van der Waals surface area contributed by atoms with E-state index >= 15 is 0 Å². The van der Waals surface area contributed by atoms with E-state index in [1.807, 2.05) is 26.0 Å². The Bertz CT molecular complexity index is 929. The quantitative estimate of drug-likeness (QED) is 0.745. The molecule has 1 saturated heterocycles. The van der Waals surface area contributed by atoms with Gasteiger partial charge >= 0.3 is 0 Å². The zero-order valence-corrected chi connectivity index (χ0v) is 18.4. The summed E-state index contributed by atoms with van der Waals surface area (Å²) in [6.45, 7) is 6.19. The SMILES string of the molecule is CC(C)(O)C1(Nc2nc(N3CCC(c4ccc(Cl)cc4)CC3)nc3c2OCC3)CC1. The number of ether oxygens (including phenoxy) is 1. The van der Waals surface area contributed by atoms with Crippen LogP contribution in [-0.2, 0) is 6.42 Å². The number of nitrogens with one attached hydrogen (secondary N) is 1. The Labute approximate surface area is 182 Å². The Kier molecular flexibility index (Phi) is 4.82. The van der Waals surface area contributed by atoms with Gasteiger partial charge in [-0.15, -0.1) is 0 Å². The van der Waals surface area contributed by atoms with E-state index in [2.05, 4.69) is 22.3 Å². The molecule has 0 spiro atoms. The first kappa shape index (κ1) is 19.9. The maximum absolute atomic E-state index is 10.6. The van der Waals surface area contributed by atoms with Crippen molar-refractivity contribution in [3.05, 3.63) is 40.5 Å². The summed E-state index contributed by atoms with van der Waals surface area (Å²) in [5.74, 6) is 2.79. The van der Waals surface area contributed by atoms with Gasteiger partial charge in [0.15, 0.2) is 11.6 Å². The van der Waals surface area contributed by atoms with Crippen LogP contribution in [0.2, 0.25) is 5.02 Å². The van der Waals surface area contributed by atoms with Gasteiger partial charge in [0.25, 0.3) is 0 Å². The van der Waals surface area contributed by atoms with E-state index in [9.17, 15) is 5.11 Å². The third-order valence-electron chi connectivity index (χ3n) is 6.91. The first-order valence-electron chi connectivity index (χ1n) is 10.9. The van der Waals surface area contributed by atoms with Crippen molar-refractivity contribution in [3.63, 3.8) is 0 Å². The van der Waals surface area contributed by atoms with Crippen LogP contribution < -0.4 is 15.0 Å². The number of anilines is 2. The molecule has 3 aliphatic rings. The number of hydrogen-bond acceptors (Lipinski definition) is 6. The molecule has 0 atom stereocenters. The Hall–Kier alpha value is -2.05. The minimum absolute atomic E-state index is 0.333. The van der Waals surface area contributed by atoms with Crippen LogP contribution in [0, 0.1) is 0 Å². The second-order valence-electron chi connectivity index (χ2n) is 9.33. The standard InChI is InChI=1S/C23H29ClN4O2/c1-22(2,29)23(10-11-23)27-20-19-18(9-14-30-19)25-21(26-20)28-12-7-16(8-13-28)15-3-5-17(24)6-4-15/h3-6,16,29H,7-14H2,1-2H3,(H,25,26,27). The van der Waals surface area contributed by atoms with Crippen LogP contribution in [0.4, 0.5) is 11.8 Å². The summed E-state index contributed by atoms with van der Waals surface area (Å²) in [4.78, 5) is 12.0. The molecule has 2 aliphatic heterocycles. The number of fused-ring (bicyclic) bond motifs is 1. The van der Waals surface area contributed by atoms with Crippen molar-refractivity contribution in [2.45, 2.75) is 63.0 Å². The molecule has 5 rings (SSSR count). The lowest BCUT2D eigenvalue weighted by Gasteiger charge is -2.34. The van der Waals surface area contributed by atoms with E-state index in [4.69, 9.17) is 26.3 Å². The average molecular weight is 429 g/mol. The van der Waals surface area contributed by atoms with Gasteiger partial charge in [-0.2, -0.15) is 4.98 Å². The van der Waals surface area contributed by atoms with Gasteiger partial charge in [-0.3, -0.25) is 0 Å². The molecule has 1 aromatic heterocycles. The molecule has 30 heavy (non-hydrogen) atoms. The largest absolute Gasteiger partial charge is 0.487 e. The highest BCUT2D eigenvalue weighted by Gasteiger charge is 2.54. The van der Waals surface area contributed by atoms with Gasteiger partial charge in [-0.25, -0.2) is 4.98 Å². The summed E-state index contributed by atoms with van der Waals surface area (Å²) in [6.07, 6.45) is 4.79. The van der Waals surface area contributed by atoms with E-state index in [-0.39, 0.29) is 5.54 Å². The highest BCUT2D eigenvalue weighted by atomic mass is 35.5. The zero-order valence-electron chi connectivity index (χ0n) is 17.6. The van der Waals surface area contributed by atoms with Crippen LogP contribution in [0.1, 0.15) is 56.7 Å². The second-order valence-corrected chi connectivity index (χ2v) is 9.76. The predicted octanol–water partition coefficient (Wildman–Crippen LogP) is 4.16. The van der Waals surface area contributed by atoms with Gasteiger partial charge in [0, 0.05) is 24.5 Å². The van der Waals surface area contributed by atoms with Crippen molar-refractivity contribution in [3.8, 4) is 5.75 Å². The highest BCUT2D eigenvalue weighted by Crippen LogP contribution is 2.49. The number of aromatic nitrogens is 2. The molecular weight excluding hydrogens is 400 g/mol. The average Bonchev–Trinajstić information content (AvgIpc) is 3.36. The summed E-state index contributed by atoms with van der Waals surface area (Å²) in [5.41, 5.74) is 1.17. The molecule has 160 valence electrons. The molecule has 0 bridgehead atoms. The summed E-state index contributed by atoms with van der Waals surface area (Å²) >= 11 is 6.04. The molecule has 3 heterocycles. The van der Waals surface area contributed by atoms with E-state index in [1.165, 1.54) is 5.56 Å². The molecule has 2 N–H and O–H groups in total. The summed E-state index contributed by atoms with van der Waals surface area (Å²) in [5, 5.41) is 14.9. The molecule has 1 saturated carbocycles. The fraction of sp³-hybridized carbons (Fsp3) is 0.565. The van der Waals surface area contributed by atoms with Crippen LogP contribution in [-0.4, -0.2) is 45.9 Å². The van der Waals surface area contributed by atoms with Crippen molar-refractivity contribution >= 4 is 23.4 Å².